The topological polar surface area (TPSA) is 90.6 Å². The molecule has 0 saturated carbocycles. The minimum Gasteiger partial charge on any atom is -0.469 e. The van der Waals surface area contributed by atoms with Crippen LogP contribution in [0.4, 0.5) is 10.5 Å². The number of ether oxygens (including phenoxy) is 2. The highest BCUT2D eigenvalue weighted by molar-refractivity contribution is 5.85. The molecule has 1 aromatic carbocycles. The molecule has 0 aliphatic heterocycles. The van der Waals surface area contributed by atoms with Gasteiger partial charge in [-0.1, -0.05) is 12.1 Å². The third-order valence-electron chi connectivity index (χ3n) is 2.15. The fraction of sp³-hybridized carbons (Fsp3) is 0.333. The van der Waals surface area contributed by atoms with Crippen molar-refractivity contribution in [1.29, 1.82) is 0 Å². The number of halogens is 1. The van der Waals surface area contributed by atoms with E-state index in [9.17, 15) is 9.59 Å². The van der Waals surface area contributed by atoms with E-state index in [4.69, 9.17) is 10.5 Å². The first-order chi connectivity index (χ1) is 8.61. The Hall–Kier alpha value is -1.95. The van der Waals surface area contributed by atoms with Crippen molar-refractivity contribution in [3.8, 4) is 0 Å². The van der Waals surface area contributed by atoms with Crippen LogP contribution in [0, 0.1) is 0 Å². The first kappa shape index (κ1) is 17.1. The summed E-state index contributed by atoms with van der Waals surface area (Å²) in [5.41, 5.74) is 7.00. The summed E-state index contributed by atoms with van der Waals surface area (Å²) in [4.78, 5) is 22.0. The fourth-order valence-electron chi connectivity index (χ4n) is 1.25. The molecule has 0 saturated heterocycles. The lowest BCUT2D eigenvalue weighted by Gasteiger charge is -2.07. The Morgan fingerprint density at radius 1 is 1.37 bits per heavy atom. The zero-order valence-electron chi connectivity index (χ0n) is 10.5. The molecule has 0 aliphatic rings. The van der Waals surface area contributed by atoms with Crippen molar-refractivity contribution in [3.63, 3.8) is 0 Å². The first-order valence-corrected chi connectivity index (χ1v) is 5.43. The van der Waals surface area contributed by atoms with E-state index in [0.717, 1.165) is 5.56 Å². The van der Waals surface area contributed by atoms with Crippen molar-refractivity contribution in [2.75, 3.05) is 19.4 Å². The molecule has 0 heterocycles. The summed E-state index contributed by atoms with van der Waals surface area (Å²) in [5, 5.41) is 2.44. The number of benzene rings is 1. The Balaban J connectivity index is 0.00000324. The third kappa shape index (κ3) is 7.15. The van der Waals surface area contributed by atoms with E-state index in [1.807, 2.05) is 0 Å². The minimum atomic E-state index is -0.582. The van der Waals surface area contributed by atoms with Crippen LogP contribution in [-0.2, 0) is 20.9 Å². The molecule has 7 heteroatoms. The minimum absolute atomic E-state index is 0. The molecule has 0 aromatic heterocycles. The van der Waals surface area contributed by atoms with Gasteiger partial charge in [0, 0.05) is 12.2 Å². The predicted octanol–water partition coefficient (Wildman–Crippen LogP) is 1.48. The summed E-state index contributed by atoms with van der Waals surface area (Å²) in [6, 6.07) is 7.06. The average Bonchev–Trinajstić information content (AvgIpc) is 2.36. The Morgan fingerprint density at radius 3 is 2.74 bits per heavy atom. The number of esters is 1. The van der Waals surface area contributed by atoms with Crippen LogP contribution in [0.5, 0.6) is 0 Å². The number of nitrogen functional groups attached to an aromatic ring is 1. The molecule has 0 bridgehead atoms. The van der Waals surface area contributed by atoms with Gasteiger partial charge in [0.05, 0.1) is 13.5 Å². The summed E-state index contributed by atoms with van der Waals surface area (Å²) in [6.45, 7) is 0.317. The summed E-state index contributed by atoms with van der Waals surface area (Å²) < 4.78 is 9.37. The number of nitrogens with two attached hydrogens (primary N) is 1. The number of amides is 1. The van der Waals surface area contributed by atoms with Gasteiger partial charge in [0.25, 0.3) is 0 Å². The van der Waals surface area contributed by atoms with Gasteiger partial charge in [-0.2, -0.15) is 0 Å². The molecule has 1 rings (SSSR count). The van der Waals surface area contributed by atoms with Crippen LogP contribution in [0.1, 0.15) is 12.0 Å². The molecule has 106 valence electrons. The molecule has 0 aliphatic carbocycles. The average molecular weight is 289 g/mol. The van der Waals surface area contributed by atoms with Crippen LogP contribution in [0.25, 0.3) is 0 Å². The van der Waals surface area contributed by atoms with E-state index in [2.05, 4.69) is 10.1 Å². The smallest absolute Gasteiger partial charge is 0.407 e. The summed E-state index contributed by atoms with van der Waals surface area (Å²) >= 11 is 0. The highest BCUT2D eigenvalue weighted by Gasteiger charge is 2.04. The molecule has 19 heavy (non-hydrogen) atoms. The Kier molecular flexibility index (Phi) is 8.12. The van der Waals surface area contributed by atoms with Gasteiger partial charge in [0.15, 0.2) is 0 Å². The summed E-state index contributed by atoms with van der Waals surface area (Å²) in [6.07, 6.45) is -0.467. The molecule has 0 atom stereocenters. The van der Waals surface area contributed by atoms with E-state index >= 15 is 0 Å². The van der Waals surface area contributed by atoms with Crippen LogP contribution in [-0.4, -0.2) is 25.7 Å². The van der Waals surface area contributed by atoms with Crippen LogP contribution in [0.2, 0.25) is 0 Å². The standard InChI is InChI=1S/C12H16N2O4.ClH/c1-17-11(15)5-6-14-12(16)18-8-9-3-2-4-10(13)7-9;/h2-4,7H,5-6,8,13H2,1H3,(H,14,16);1H. The first-order valence-electron chi connectivity index (χ1n) is 5.43. The van der Waals surface area contributed by atoms with Gasteiger partial charge >= 0.3 is 12.1 Å². The molecule has 6 nitrogen and oxygen atoms in total. The largest absolute Gasteiger partial charge is 0.469 e. The second-order valence-electron chi connectivity index (χ2n) is 3.57. The maximum Gasteiger partial charge on any atom is 0.407 e. The molecule has 1 aromatic rings. The maximum atomic E-state index is 11.3. The SMILES string of the molecule is COC(=O)CCNC(=O)OCc1cccc(N)c1.Cl. The fourth-order valence-corrected chi connectivity index (χ4v) is 1.25. The number of carbonyl (C=O) groups is 2. The lowest BCUT2D eigenvalue weighted by atomic mass is 10.2. The lowest BCUT2D eigenvalue weighted by Crippen LogP contribution is -2.26. The van der Waals surface area contributed by atoms with E-state index in [1.165, 1.54) is 7.11 Å². The number of anilines is 1. The number of nitrogens with one attached hydrogen (secondary N) is 1. The molecule has 3 N–H and O–H groups in total. The van der Waals surface area contributed by atoms with Gasteiger partial charge in [0.2, 0.25) is 0 Å². The van der Waals surface area contributed by atoms with Crippen LogP contribution in [0.3, 0.4) is 0 Å². The van der Waals surface area contributed by atoms with Gasteiger partial charge in [-0.05, 0) is 17.7 Å². The van der Waals surface area contributed by atoms with Crippen molar-refractivity contribution in [1.82, 2.24) is 5.32 Å². The van der Waals surface area contributed by atoms with Crippen LogP contribution in [0.15, 0.2) is 24.3 Å². The highest BCUT2D eigenvalue weighted by Crippen LogP contribution is 2.07. The Labute approximate surface area is 117 Å². The predicted molar refractivity (Wildman–Crippen MR) is 72.9 cm³/mol. The summed E-state index contributed by atoms with van der Waals surface area (Å²) in [7, 11) is 1.29. The molecular formula is C12H17ClN2O4. The zero-order chi connectivity index (χ0) is 13.4. The molecular weight excluding hydrogens is 272 g/mol. The quantitative estimate of drug-likeness (QED) is 0.632. The van der Waals surface area contributed by atoms with E-state index in [0.29, 0.717) is 5.69 Å². The molecule has 1 amide bonds. The van der Waals surface area contributed by atoms with E-state index in [-0.39, 0.29) is 37.9 Å². The van der Waals surface area contributed by atoms with Crippen molar-refractivity contribution in [2.24, 2.45) is 0 Å². The number of carbonyl (C=O) groups excluding carboxylic acids is 2. The van der Waals surface area contributed by atoms with Crippen LogP contribution >= 0.6 is 12.4 Å². The van der Waals surface area contributed by atoms with Gasteiger partial charge in [-0.15, -0.1) is 12.4 Å². The number of alkyl carbamates (subject to hydrolysis) is 1. The zero-order valence-corrected chi connectivity index (χ0v) is 11.4. The van der Waals surface area contributed by atoms with Gasteiger partial charge in [-0.3, -0.25) is 4.79 Å². The van der Waals surface area contributed by atoms with Crippen molar-refractivity contribution >= 4 is 30.2 Å². The van der Waals surface area contributed by atoms with Gasteiger partial charge in [0.1, 0.15) is 6.61 Å². The summed E-state index contributed by atoms with van der Waals surface area (Å²) in [5.74, 6) is -0.383. The molecule has 0 unspecified atom stereocenters. The Bertz CT molecular complexity index is 426. The molecule has 0 spiro atoms. The van der Waals surface area contributed by atoms with Gasteiger partial charge < -0.3 is 20.5 Å². The number of rotatable bonds is 5. The second kappa shape index (κ2) is 9.04. The molecule has 0 fully saturated rings. The number of methoxy groups -OCH3 is 1. The monoisotopic (exact) mass is 288 g/mol. The second-order valence-corrected chi connectivity index (χ2v) is 3.57. The van der Waals surface area contributed by atoms with E-state index < -0.39 is 6.09 Å². The van der Waals surface area contributed by atoms with Crippen molar-refractivity contribution in [2.45, 2.75) is 13.0 Å². The van der Waals surface area contributed by atoms with Gasteiger partial charge in [-0.25, -0.2) is 4.79 Å². The highest BCUT2D eigenvalue weighted by atomic mass is 35.5. The maximum absolute atomic E-state index is 11.3. The number of hydrogen-bond donors (Lipinski definition) is 2. The number of hydrogen-bond acceptors (Lipinski definition) is 5. The lowest BCUT2D eigenvalue weighted by molar-refractivity contribution is -0.140. The van der Waals surface area contributed by atoms with Crippen molar-refractivity contribution < 1.29 is 19.1 Å². The molecule has 0 radical (unpaired) electrons. The van der Waals surface area contributed by atoms with Crippen molar-refractivity contribution in [3.05, 3.63) is 29.8 Å². The van der Waals surface area contributed by atoms with E-state index in [1.54, 1.807) is 24.3 Å². The Morgan fingerprint density at radius 2 is 2.11 bits per heavy atom. The third-order valence-corrected chi connectivity index (χ3v) is 2.15. The van der Waals surface area contributed by atoms with Crippen LogP contribution < -0.4 is 11.1 Å². The normalized spacial score (nSPS) is 9.11.